The standard InChI is InChI=1S/C27H21N3O6S/c1-2-35-24-13-18(11-12-23(24)36-17-21-9-5-6-10-22(21)30(33)34)14-25-26(31)29(27(32)37-25)16-20-8-4-3-7-19(20)15-28/h3-14H,2,16-17H2,1H3/b25-14+. The molecule has 2 amide bonds. The molecular weight excluding hydrogens is 494 g/mol. The summed E-state index contributed by atoms with van der Waals surface area (Å²) in [6.07, 6.45) is 1.59. The maximum atomic E-state index is 13.0. The van der Waals surface area contributed by atoms with E-state index < -0.39 is 16.1 Å². The molecule has 0 bridgehead atoms. The molecule has 0 N–H and O–H groups in total. The van der Waals surface area contributed by atoms with Gasteiger partial charge in [0.2, 0.25) is 0 Å². The molecule has 10 heteroatoms. The van der Waals surface area contributed by atoms with Gasteiger partial charge in [0.25, 0.3) is 16.8 Å². The van der Waals surface area contributed by atoms with Crippen LogP contribution in [0, 0.1) is 21.4 Å². The Hall–Kier alpha value is -4.62. The van der Waals surface area contributed by atoms with Gasteiger partial charge in [-0.05, 0) is 60.2 Å². The van der Waals surface area contributed by atoms with Gasteiger partial charge in [0.15, 0.2) is 11.5 Å². The Balaban J connectivity index is 1.53. The Bertz CT molecular complexity index is 1450. The fourth-order valence-corrected chi connectivity index (χ4v) is 4.53. The number of nitro benzene ring substituents is 1. The summed E-state index contributed by atoms with van der Waals surface area (Å²) in [4.78, 5) is 37.7. The Morgan fingerprint density at radius 1 is 1.03 bits per heavy atom. The molecule has 3 aromatic carbocycles. The molecule has 1 aliphatic heterocycles. The maximum Gasteiger partial charge on any atom is 0.293 e. The highest BCUT2D eigenvalue weighted by molar-refractivity contribution is 8.18. The lowest BCUT2D eigenvalue weighted by atomic mass is 10.1. The molecule has 0 radical (unpaired) electrons. The van der Waals surface area contributed by atoms with Crippen molar-refractivity contribution >= 4 is 34.7 Å². The Labute approximate surface area is 217 Å². The number of ether oxygens (including phenoxy) is 2. The largest absolute Gasteiger partial charge is 0.490 e. The molecule has 186 valence electrons. The molecule has 1 heterocycles. The normalized spacial score (nSPS) is 14.1. The van der Waals surface area contributed by atoms with Gasteiger partial charge in [0.1, 0.15) is 6.61 Å². The summed E-state index contributed by atoms with van der Waals surface area (Å²) >= 11 is 0.824. The lowest BCUT2D eigenvalue weighted by Gasteiger charge is -2.14. The zero-order chi connectivity index (χ0) is 26.4. The summed E-state index contributed by atoms with van der Waals surface area (Å²) in [5, 5.41) is 20.1. The maximum absolute atomic E-state index is 13.0. The molecule has 0 spiro atoms. The second-order valence-corrected chi connectivity index (χ2v) is 8.84. The minimum Gasteiger partial charge on any atom is -0.490 e. The van der Waals surface area contributed by atoms with Gasteiger partial charge in [-0.1, -0.05) is 36.4 Å². The highest BCUT2D eigenvalue weighted by Gasteiger charge is 2.35. The van der Waals surface area contributed by atoms with E-state index in [1.807, 2.05) is 6.92 Å². The van der Waals surface area contributed by atoms with Crippen LogP contribution in [0.1, 0.15) is 29.2 Å². The van der Waals surface area contributed by atoms with Crippen LogP contribution in [0.15, 0.2) is 71.6 Å². The first-order chi connectivity index (χ1) is 17.9. The van der Waals surface area contributed by atoms with Gasteiger partial charge in [-0.25, -0.2) is 0 Å². The molecule has 0 aliphatic carbocycles. The summed E-state index contributed by atoms with van der Waals surface area (Å²) in [7, 11) is 0. The third-order valence-corrected chi connectivity index (χ3v) is 6.38. The van der Waals surface area contributed by atoms with Crippen molar-refractivity contribution in [2.75, 3.05) is 6.61 Å². The van der Waals surface area contributed by atoms with Gasteiger partial charge in [0, 0.05) is 6.07 Å². The number of thioether (sulfide) groups is 1. The molecule has 1 aliphatic rings. The quantitative estimate of drug-likeness (QED) is 0.203. The van der Waals surface area contributed by atoms with Crippen molar-refractivity contribution in [3.05, 3.63) is 104 Å². The van der Waals surface area contributed by atoms with Crippen LogP contribution in [0.3, 0.4) is 0 Å². The summed E-state index contributed by atoms with van der Waals surface area (Å²) < 4.78 is 11.5. The first-order valence-corrected chi connectivity index (χ1v) is 12.1. The number of carbonyl (C=O) groups is 2. The van der Waals surface area contributed by atoms with Crippen LogP contribution >= 0.6 is 11.8 Å². The Morgan fingerprint density at radius 3 is 2.49 bits per heavy atom. The SMILES string of the molecule is CCOc1cc(/C=C2/SC(=O)N(Cc3ccccc3C#N)C2=O)ccc1OCc1ccccc1[N+](=O)[O-]. The van der Waals surface area contributed by atoms with Crippen molar-refractivity contribution in [1.29, 1.82) is 5.26 Å². The number of hydrogen-bond donors (Lipinski definition) is 0. The number of nitro groups is 1. The third-order valence-electron chi connectivity index (χ3n) is 5.48. The average Bonchev–Trinajstić information content (AvgIpc) is 3.16. The first kappa shape index (κ1) is 25.5. The smallest absolute Gasteiger partial charge is 0.293 e. The monoisotopic (exact) mass is 515 g/mol. The number of para-hydroxylation sites is 1. The van der Waals surface area contributed by atoms with E-state index in [0.29, 0.717) is 40.4 Å². The van der Waals surface area contributed by atoms with Crippen molar-refractivity contribution in [1.82, 2.24) is 4.90 Å². The fourth-order valence-electron chi connectivity index (χ4n) is 3.69. The molecule has 9 nitrogen and oxygen atoms in total. The van der Waals surface area contributed by atoms with Gasteiger partial charge >= 0.3 is 0 Å². The molecule has 3 aromatic rings. The van der Waals surface area contributed by atoms with E-state index in [0.717, 1.165) is 16.7 Å². The number of rotatable bonds is 9. The van der Waals surface area contributed by atoms with Crippen LogP contribution in [-0.2, 0) is 17.9 Å². The highest BCUT2D eigenvalue weighted by atomic mass is 32.2. The van der Waals surface area contributed by atoms with Gasteiger partial charge < -0.3 is 9.47 Å². The van der Waals surface area contributed by atoms with Crippen LogP contribution in [0.4, 0.5) is 10.5 Å². The van der Waals surface area contributed by atoms with Crippen LogP contribution < -0.4 is 9.47 Å². The number of carbonyl (C=O) groups excluding carboxylic acids is 2. The van der Waals surface area contributed by atoms with E-state index in [-0.39, 0.29) is 23.7 Å². The number of benzene rings is 3. The van der Waals surface area contributed by atoms with Gasteiger partial charge in [0.05, 0.1) is 40.2 Å². The van der Waals surface area contributed by atoms with E-state index in [9.17, 15) is 25.0 Å². The molecule has 0 saturated carbocycles. The highest BCUT2D eigenvalue weighted by Crippen LogP contribution is 2.36. The number of imide groups is 1. The number of hydrogen-bond acceptors (Lipinski definition) is 8. The van der Waals surface area contributed by atoms with Crippen LogP contribution in [0.25, 0.3) is 6.08 Å². The Kier molecular flexibility index (Phi) is 7.86. The minimum atomic E-state index is -0.461. The lowest BCUT2D eigenvalue weighted by Crippen LogP contribution is -2.27. The lowest BCUT2D eigenvalue weighted by molar-refractivity contribution is -0.385. The van der Waals surface area contributed by atoms with E-state index in [1.165, 1.54) is 6.07 Å². The zero-order valence-electron chi connectivity index (χ0n) is 19.7. The zero-order valence-corrected chi connectivity index (χ0v) is 20.6. The third kappa shape index (κ3) is 5.79. The van der Waals surface area contributed by atoms with Crippen molar-refractivity contribution in [3.8, 4) is 17.6 Å². The molecular formula is C27H21N3O6S. The van der Waals surface area contributed by atoms with Crippen LogP contribution in [0.2, 0.25) is 0 Å². The predicted molar refractivity (Wildman–Crippen MR) is 138 cm³/mol. The summed E-state index contributed by atoms with van der Waals surface area (Å²) in [5.41, 5.74) is 2.00. The summed E-state index contributed by atoms with van der Waals surface area (Å²) in [6, 6.07) is 20.3. The van der Waals surface area contributed by atoms with E-state index >= 15 is 0 Å². The second kappa shape index (κ2) is 11.4. The van der Waals surface area contributed by atoms with E-state index in [1.54, 1.807) is 66.7 Å². The fraction of sp³-hybridized carbons (Fsp3) is 0.148. The van der Waals surface area contributed by atoms with Gasteiger partial charge in [-0.15, -0.1) is 0 Å². The van der Waals surface area contributed by atoms with Crippen molar-refractivity contribution in [3.63, 3.8) is 0 Å². The average molecular weight is 516 g/mol. The van der Waals surface area contributed by atoms with Crippen LogP contribution in [-0.4, -0.2) is 27.6 Å². The molecule has 1 fully saturated rings. The molecule has 4 rings (SSSR count). The van der Waals surface area contributed by atoms with Gasteiger partial charge in [-0.3, -0.25) is 24.6 Å². The molecule has 0 aromatic heterocycles. The molecule has 1 saturated heterocycles. The number of amides is 2. The molecule has 0 atom stereocenters. The summed E-state index contributed by atoms with van der Waals surface area (Å²) in [6.45, 7) is 2.14. The number of nitriles is 1. The number of nitrogens with zero attached hydrogens (tertiary/aromatic N) is 3. The minimum absolute atomic E-state index is 0.00827. The first-order valence-electron chi connectivity index (χ1n) is 11.3. The van der Waals surface area contributed by atoms with Crippen LogP contribution in [0.5, 0.6) is 11.5 Å². The molecule has 0 unspecified atom stereocenters. The molecule has 37 heavy (non-hydrogen) atoms. The van der Waals surface area contributed by atoms with Crippen molar-refractivity contribution < 1.29 is 24.0 Å². The predicted octanol–water partition coefficient (Wildman–Crippen LogP) is 5.68. The van der Waals surface area contributed by atoms with Gasteiger partial charge in [-0.2, -0.15) is 5.26 Å². The Morgan fingerprint density at radius 2 is 1.76 bits per heavy atom. The van der Waals surface area contributed by atoms with Crippen molar-refractivity contribution in [2.24, 2.45) is 0 Å². The topological polar surface area (TPSA) is 123 Å². The van der Waals surface area contributed by atoms with Crippen molar-refractivity contribution in [2.45, 2.75) is 20.1 Å². The van der Waals surface area contributed by atoms with E-state index in [2.05, 4.69) is 6.07 Å². The summed E-state index contributed by atoms with van der Waals surface area (Å²) in [5.74, 6) is 0.341. The second-order valence-electron chi connectivity index (χ2n) is 7.85. The van der Waals surface area contributed by atoms with E-state index in [4.69, 9.17) is 9.47 Å².